The van der Waals surface area contributed by atoms with Gasteiger partial charge in [-0.25, -0.2) is 9.97 Å². The monoisotopic (exact) mass is 175 g/mol. The average molecular weight is 175 g/mol. The molecule has 3 heteroatoms. The van der Waals surface area contributed by atoms with Crippen molar-refractivity contribution in [3.8, 4) is 11.8 Å². The van der Waals surface area contributed by atoms with Gasteiger partial charge in [-0.15, -0.1) is 11.8 Å². The number of nitrogens with two attached hydrogens (primary N) is 1. The minimum atomic E-state index is 0.00190. The van der Waals surface area contributed by atoms with E-state index in [9.17, 15) is 0 Å². The van der Waals surface area contributed by atoms with Gasteiger partial charge in [0, 0.05) is 30.4 Å². The predicted molar refractivity (Wildman–Crippen MR) is 51.6 cm³/mol. The third kappa shape index (κ3) is 3.22. The van der Waals surface area contributed by atoms with E-state index < -0.39 is 0 Å². The fourth-order valence-electron chi connectivity index (χ4n) is 1.02. The van der Waals surface area contributed by atoms with Crippen LogP contribution in [0, 0.1) is 11.8 Å². The Morgan fingerprint density at radius 1 is 1.46 bits per heavy atom. The van der Waals surface area contributed by atoms with Crippen LogP contribution in [0.1, 0.15) is 31.4 Å². The van der Waals surface area contributed by atoms with Crippen molar-refractivity contribution in [1.82, 2.24) is 9.97 Å². The van der Waals surface area contributed by atoms with Gasteiger partial charge in [-0.1, -0.05) is 0 Å². The molecule has 0 amide bonds. The zero-order chi connectivity index (χ0) is 9.52. The van der Waals surface area contributed by atoms with Gasteiger partial charge in [-0.3, -0.25) is 0 Å². The van der Waals surface area contributed by atoms with Crippen molar-refractivity contribution in [1.29, 1.82) is 0 Å². The van der Waals surface area contributed by atoms with Crippen molar-refractivity contribution in [2.24, 2.45) is 5.73 Å². The molecular weight excluding hydrogens is 162 g/mol. The molecule has 0 radical (unpaired) electrons. The van der Waals surface area contributed by atoms with Crippen molar-refractivity contribution in [2.75, 3.05) is 0 Å². The molecule has 0 aliphatic carbocycles. The lowest BCUT2D eigenvalue weighted by atomic mass is 10.1. The van der Waals surface area contributed by atoms with Gasteiger partial charge in [0.2, 0.25) is 0 Å². The van der Waals surface area contributed by atoms with E-state index in [1.807, 2.05) is 6.92 Å². The van der Waals surface area contributed by atoms with Gasteiger partial charge in [0.1, 0.15) is 6.33 Å². The Morgan fingerprint density at radius 3 is 2.77 bits per heavy atom. The van der Waals surface area contributed by atoms with Gasteiger partial charge in [0.05, 0.1) is 0 Å². The fraction of sp³-hybridized carbons (Fsp3) is 0.400. The molecule has 0 saturated carbocycles. The van der Waals surface area contributed by atoms with Crippen molar-refractivity contribution < 1.29 is 0 Å². The van der Waals surface area contributed by atoms with E-state index in [2.05, 4.69) is 21.8 Å². The summed E-state index contributed by atoms with van der Waals surface area (Å²) in [6.45, 7) is 1.83. The van der Waals surface area contributed by atoms with E-state index in [1.165, 1.54) is 6.33 Å². The zero-order valence-corrected chi connectivity index (χ0v) is 7.70. The summed E-state index contributed by atoms with van der Waals surface area (Å²) in [6.07, 6.45) is 6.68. The Balaban J connectivity index is 2.47. The van der Waals surface area contributed by atoms with Crippen LogP contribution in [0.3, 0.4) is 0 Å². The van der Waals surface area contributed by atoms with Crippen LogP contribution in [0.2, 0.25) is 0 Å². The maximum atomic E-state index is 5.89. The molecule has 0 aromatic carbocycles. The van der Waals surface area contributed by atoms with Gasteiger partial charge in [0.25, 0.3) is 0 Å². The summed E-state index contributed by atoms with van der Waals surface area (Å²) in [5, 5.41) is 0. The summed E-state index contributed by atoms with van der Waals surface area (Å²) in [4.78, 5) is 7.81. The van der Waals surface area contributed by atoms with Crippen LogP contribution in [0.5, 0.6) is 0 Å². The molecule has 0 spiro atoms. The van der Waals surface area contributed by atoms with Crippen LogP contribution < -0.4 is 5.73 Å². The lowest BCUT2D eigenvalue weighted by molar-refractivity contribution is 0.661. The Kier molecular flexibility index (Phi) is 3.94. The second-order valence-corrected chi connectivity index (χ2v) is 2.74. The molecule has 68 valence electrons. The zero-order valence-electron chi connectivity index (χ0n) is 7.70. The largest absolute Gasteiger partial charge is 0.324 e. The SMILES string of the molecule is CC#CCCC(N)c1cncnc1. The molecule has 0 fully saturated rings. The second kappa shape index (κ2) is 5.28. The van der Waals surface area contributed by atoms with Crippen LogP contribution >= 0.6 is 0 Å². The van der Waals surface area contributed by atoms with E-state index in [-0.39, 0.29) is 6.04 Å². The van der Waals surface area contributed by atoms with E-state index in [0.717, 1.165) is 18.4 Å². The molecule has 3 nitrogen and oxygen atoms in total. The molecular formula is C10H13N3. The quantitative estimate of drug-likeness (QED) is 0.704. The summed E-state index contributed by atoms with van der Waals surface area (Å²) in [7, 11) is 0. The Labute approximate surface area is 78.4 Å². The normalized spacial score (nSPS) is 11.5. The van der Waals surface area contributed by atoms with Crippen LogP contribution in [0.25, 0.3) is 0 Å². The number of rotatable bonds is 3. The lowest BCUT2D eigenvalue weighted by Gasteiger charge is -2.07. The first-order valence-electron chi connectivity index (χ1n) is 4.24. The van der Waals surface area contributed by atoms with Gasteiger partial charge in [0.15, 0.2) is 0 Å². The molecule has 0 saturated heterocycles. The molecule has 1 rings (SSSR count). The van der Waals surface area contributed by atoms with Crippen molar-refractivity contribution in [2.45, 2.75) is 25.8 Å². The van der Waals surface area contributed by atoms with Gasteiger partial charge >= 0.3 is 0 Å². The van der Waals surface area contributed by atoms with Gasteiger partial charge in [-0.2, -0.15) is 0 Å². The molecule has 0 aliphatic heterocycles. The summed E-state index contributed by atoms with van der Waals surface area (Å²) >= 11 is 0. The molecule has 0 aliphatic rings. The minimum Gasteiger partial charge on any atom is -0.324 e. The highest BCUT2D eigenvalue weighted by molar-refractivity contribution is 5.09. The summed E-state index contributed by atoms with van der Waals surface area (Å²) < 4.78 is 0. The van der Waals surface area contributed by atoms with Crippen molar-refractivity contribution >= 4 is 0 Å². The Bertz CT molecular complexity index is 297. The molecule has 1 heterocycles. The van der Waals surface area contributed by atoms with Crippen LogP contribution in [0.15, 0.2) is 18.7 Å². The standard InChI is InChI=1S/C10H13N3/c1-2-3-4-5-10(11)9-6-12-8-13-7-9/h6-8,10H,4-5,11H2,1H3. The first-order chi connectivity index (χ1) is 6.34. The van der Waals surface area contributed by atoms with E-state index in [0.29, 0.717) is 0 Å². The smallest absolute Gasteiger partial charge is 0.115 e. The predicted octanol–water partition coefficient (Wildman–Crippen LogP) is 1.28. The van der Waals surface area contributed by atoms with E-state index >= 15 is 0 Å². The fourth-order valence-corrected chi connectivity index (χ4v) is 1.02. The van der Waals surface area contributed by atoms with Gasteiger partial charge < -0.3 is 5.73 Å². The maximum Gasteiger partial charge on any atom is 0.115 e. The first kappa shape index (κ1) is 9.69. The third-order valence-electron chi connectivity index (χ3n) is 1.77. The number of nitrogens with zero attached hydrogens (tertiary/aromatic N) is 2. The molecule has 2 N–H and O–H groups in total. The highest BCUT2D eigenvalue weighted by Crippen LogP contribution is 2.12. The van der Waals surface area contributed by atoms with Crippen LogP contribution in [-0.2, 0) is 0 Å². The second-order valence-electron chi connectivity index (χ2n) is 2.74. The van der Waals surface area contributed by atoms with Crippen LogP contribution in [0.4, 0.5) is 0 Å². The van der Waals surface area contributed by atoms with Gasteiger partial charge in [-0.05, 0) is 13.3 Å². The number of hydrogen-bond acceptors (Lipinski definition) is 3. The molecule has 13 heavy (non-hydrogen) atoms. The molecule has 1 atom stereocenters. The first-order valence-corrected chi connectivity index (χ1v) is 4.24. The molecule has 1 unspecified atom stereocenters. The Morgan fingerprint density at radius 2 is 2.15 bits per heavy atom. The van der Waals surface area contributed by atoms with E-state index in [1.54, 1.807) is 12.4 Å². The van der Waals surface area contributed by atoms with E-state index in [4.69, 9.17) is 5.73 Å². The maximum absolute atomic E-state index is 5.89. The van der Waals surface area contributed by atoms with Crippen molar-refractivity contribution in [3.63, 3.8) is 0 Å². The summed E-state index contributed by atoms with van der Waals surface area (Å²) in [5.74, 6) is 5.82. The summed E-state index contributed by atoms with van der Waals surface area (Å²) in [5.41, 5.74) is 6.86. The van der Waals surface area contributed by atoms with Crippen molar-refractivity contribution in [3.05, 3.63) is 24.3 Å². The molecule has 1 aromatic heterocycles. The summed E-state index contributed by atoms with van der Waals surface area (Å²) in [6, 6.07) is 0.00190. The minimum absolute atomic E-state index is 0.00190. The number of aromatic nitrogens is 2. The molecule has 0 bridgehead atoms. The van der Waals surface area contributed by atoms with Crippen LogP contribution in [-0.4, -0.2) is 9.97 Å². The average Bonchev–Trinajstić information content (AvgIpc) is 2.19. The lowest BCUT2D eigenvalue weighted by Crippen LogP contribution is -2.10. The number of hydrogen-bond donors (Lipinski definition) is 1. The third-order valence-corrected chi connectivity index (χ3v) is 1.77. The molecule has 1 aromatic rings. The highest BCUT2D eigenvalue weighted by Gasteiger charge is 2.04. The topological polar surface area (TPSA) is 51.8 Å². The highest BCUT2D eigenvalue weighted by atomic mass is 14.8. The Hall–Kier alpha value is -1.40.